The quantitative estimate of drug-likeness (QED) is 0.645. The highest BCUT2D eigenvalue weighted by atomic mass is 35.5. The van der Waals surface area contributed by atoms with E-state index in [1.807, 2.05) is 0 Å². The Bertz CT molecular complexity index is 319. The van der Waals surface area contributed by atoms with Gasteiger partial charge in [-0.25, -0.2) is 0 Å². The molecule has 0 saturated carbocycles. The number of benzene rings is 1. The summed E-state index contributed by atoms with van der Waals surface area (Å²) < 4.78 is 35.4. The molecule has 0 spiro atoms. The number of rotatable bonds is 2. The molecule has 70 valence electrons. The van der Waals surface area contributed by atoms with Crippen molar-refractivity contribution in [3.63, 3.8) is 0 Å². The lowest BCUT2D eigenvalue weighted by Crippen LogP contribution is -2.09. The van der Waals surface area contributed by atoms with Gasteiger partial charge in [0.15, 0.2) is 0 Å². The van der Waals surface area contributed by atoms with Crippen molar-refractivity contribution in [2.24, 2.45) is 0 Å². The lowest BCUT2D eigenvalue weighted by atomic mass is 9.91. The summed E-state index contributed by atoms with van der Waals surface area (Å²) in [6.45, 7) is -4.86. The standard InChI is InChI=1S/C8H6BClF3/c10-8-3-1-2-7(6-8)4-5-9(11,12)13/h1-6H/q-1/b5-4+. The van der Waals surface area contributed by atoms with Crippen molar-refractivity contribution < 1.29 is 12.9 Å². The molecule has 0 atom stereocenters. The van der Waals surface area contributed by atoms with Crippen LogP contribution in [0.15, 0.2) is 30.2 Å². The molecule has 0 radical (unpaired) electrons. The fraction of sp³-hybridized carbons (Fsp3) is 0. The van der Waals surface area contributed by atoms with Gasteiger partial charge >= 0.3 is 6.98 Å². The Balaban J connectivity index is 2.80. The Morgan fingerprint density at radius 1 is 1.23 bits per heavy atom. The van der Waals surface area contributed by atoms with Crippen molar-refractivity contribution in [2.45, 2.75) is 0 Å². The Morgan fingerprint density at radius 3 is 2.46 bits per heavy atom. The molecule has 0 saturated heterocycles. The van der Waals surface area contributed by atoms with E-state index in [0.717, 1.165) is 6.08 Å². The molecule has 1 aromatic rings. The Hall–Kier alpha value is -0.895. The summed E-state index contributed by atoms with van der Waals surface area (Å²) in [4.78, 5) is 0. The predicted molar refractivity (Wildman–Crippen MR) is 49.6 cm³/mol. The number of hydrogen-bond donors (Lipinski definition) is 0. The molecule has 0 nitrogen and oxygen atoms in total. The van der Waals surface area contributed by atoms with Gasteiger partial charge in [0.05, 0.1) is 0 Å². The second-order valence-electron chi connectivity index (χ2n) is 2.54. The fourth-order valence-electron chi connectivity index (χ4n) is 0.830. The van der Waals surface area contributed by atoms with E-state index < -0.39 is 6.98 Å². The highest BCUT2D eigenvalue weighted by molar-refractivity contribution is 6.64. The summed E-state index contributed by atoms with van der Waals surface area (Å²) in [5.74, 6) is 0.242. The predicted octanol–water partition coefficient (Wildman–Crippen LogP) is 3.74. The summed E-state index contributed by atoms with van der Waals surface area (Å²) in [7, 11) is 0. The summed E-state index contributed by atoms with van der Waals surface area (Å²) in [6.07, 6.45) is 1.01. The highest BCUT2D eigenvalue weighted by Gasteiger charge is 2.16. The first-order valence-electron chi connectivity index (χ1n) is 3.62. The van der Waals surface area contributed by atoms with Crippen molar-refractivity contribution in [1.29, 1.82) is 0 Å². The third-order valence-electron chi connectivity index (χ3n) is 1.36. The van der Waals surface area contributed by atoms with E-state index in [1.165, 1.54) is 6.07 Å². The third-order valence-corrected chi connectivity index (χ3v) is 1.59. The van der Waals surface area contributed by atoms with Crippen molar-refractivity contribution in [3.8, 4) is 0 Å². The van der Waals surface area contributed by atoms with E-state index in [2.05, 4.69) is 0 Å². The van der Waals surface area contributed by atoms with Gasteiger partial charge in [-0.05, 0) is 17.7 Å². The van der Waals surface area contributed by atoms with Crippen LogP contribution >= 0.6 is 11.6 Å². The number of hydrogen-bond acceptors (Lipinski definition) is 0. The van der Waals surface area contributed by atoms with Crippen LogP contribution in [-0.4, -0.2) is 6.98 Å². The van der Waals surface area contributed by atoms with Gasteiger partial charge in [0.25, 0.3) is 0 Å². The largest absolute Gasteiger partial charge is 0.502 e. The molecule has 0 bridgehead atoms. The van der Waals surface area contributed by atoms with Crippen molar-refractivity contribution in [2.75, 3.05) is 0 Å². The van der Waals surface area contributed by atoms with Crippen LogP contribution in [0, 0.1) is 0 Å². The third kappa shape index (κ3) is 4.03. The maximum absolute atomic E-state index is 11.8. The molecule has 0 aliphatic carbocycles. The molecule has 5 heteroatoms. The van der Waals surface area contributed by atoms with E-state index >= 15 is 0 Å². The second-order valence-corrected chi connectivity index (χ2v) is 2.98. The molecule has 0 unspecified atom stereocenters. The molecule has 1 rings (SSSR count). The maximum atomic E-state index is 11.8. The lowest BCUT2D eigenvalue weighted by molar-refractivity contribution is 0.499. The zero-order chi connectivity index (χ0) is 9.90. The van der Waals surface area contributed by atoms with Gasteiger partial charge in [-0.15, -0.1) is 5.98 Å². The maximum Gasteiger partial charge on any atom is 0.502 e. The average Bonchev–Trinajstić information content (AvgIpc) is 2.00. The van der Waals surface area contributed by atoms with Crippen LogP contribution in [0.25, 0.3) is 6.08 Å². The first-order valence-corrected chi connectivity index (χ1v) is 4.00. The van der Waals surface area contributed by atoms with Crippen molar-refractivity contribution >= 4 is 24.7 Å². The van der Waals surface area contributed by atoms with Gasteiger partial charge in [-0.2, -0.15) is 0 Å². The molecular formula is C8H6BClF3-. The number of halogens is 4. The molecule has 0 aliphatic rings. The van der Waals surface area contributed by atoms with Crippen molar-refractivity contribution in [3.05, 3.63) is 40.8 Å². The molecule has 0 amide bonds. The summed E-state index contributed by atoms with van der Waals surface area (Å²) in [6, 6.07) is 6.24. The average molecular weight is 205 g/mol. The molecule has 0 aliphatic heterocycles. The Kier molecular flexibility index (Phi) is 3.04. The van der Waals surface area contributed by atoms with Gasteiger partial charge < -0.3 is 12.9 Å². The summed E-state index contributed by atoms with van der Waals surface area (Å²) in [5, 5.41) is 0.428. The Labute approximate surface area is 79.1 Å². The van der Waals surface area contributed by atoms with Gasteiger partial charge in [0, 0.05) is 5.02 Å². The minimum atomic E-state index is -4.86. The first kappa shape index (κ1) is 10.2. The molecule has 13 heavy (non-hydrogen) atoms. The second kappa shape index (κ2) is 3.88. The van der Waals surface area contributed by atoms with Crippen LogP contribution in [0.3, 0.4) is 0 Å². The zero-order valence-corrected chi connectivity index (χ0v) is 7.31. The molecule has 0 aromatic heterocycles. The fourth-order valence-corrected chi connectivity index (χ4v) is 1.03. The smallest absolute Gasteiger partial charge is 0.445 e. The highest BCUT2D eigenvalue weighted by Crippen LogP contribution is 2.15. The Morgan fingerprint density at radius 2 is 1.92 bits per heavy atom. The van der Waals surface area contributed by atoms with Gasteiger partial charge in [0.1, 0.15) is 0 Å². The van der Waals surface area contributed by atoms with Gasteiger partial charge in [-0.3, -0.25) is 0 Å². The van der Waals surface area contributed by atoms with E-state index in [1.54, 1.807) is 18.2 Å². The first-order chi connectivity index (χ1) is 5.97. The van der Waals surface area contributed by atoms with Crippen LogP contribution in [0.2, 0.25) is 5.02 Å². The van der Waals surface area contributed by atoms with Crippen LogP contribution < -0.4 is 0 Å². The van der Waals surface area contributed by atoms with E-state index in [-0.39, 0.29) is 5.98 Å². The molecule has 1 aromatic carbocycles. The van der Waals surface area contributed by atoms with Crippen LogP contribution in [-0.2, 0) is 0 Å². The van der Waals surface area contributed by atoms with E-state index in [9.17, 15) is 12.9 Å². The normalized spacial score (nSPS) is 12.3. The SMILES string of the molecule is F[B-](F)(F)/C=C/c1cccc(Cl)c1. The van der Waals surface area contributed by atoms with Gasteiger partial charge in [0.2, 0.25) is 0 Å². The molecule has 0 N–H and O–H groups in total. The summed E-state index contributed by atoms with van der Waals surface area (Å²) >= 11 is 5.58. The minimum absolute atomic E-state index is 0.242. The van der Waals surface area contributed by atoms with Crippen LogP contribution in [0.1, 0.15) is 5.56 Å². The summed E-state index contributed by atoms with van der Waals surface area (Å²) in [5.41, 5.74) is 0.451. The molecule has 0 fully saturated rings. The van der Waals surface area contributed by atoms with Crippen LogP contribution in [0.5, 0.6) is 0 Å². The van der Waals surface area contributed by atoms with Crippen molar-refractivity contribution in [1.82, 2.24) is 0 Å². The lowest BCUT2D eigenvalue weighted by Gasteiger charge is -2.06. The van der Waals surface area contributed by atoms with Crippen LogP contribution in [0.4, 0.5) is 12.9 Å². The minimum Gasteiger partial charge on any atom is -0.445 e. The van der Waals surface area contributed by atoms with E-state index in [0.29, 0.717) is 10.6 Å². The topological polar surface area (TPSA) is 0 Å². The van der Waals surface area contributed by atoms with Gasteiger partial charge in [-0.1, -0.05) is 29.8 Å². The molecule has 0 heterocycles. The molecular weight excluding hydrogens is 199 g/mol. The zero-order valence-electron chi connectivity index (χ0n) is 6.55. The monoisotopic (exact) mass is 205 g/mol. The van der Waals surface area contributed by atoms with E-state index in [4.69, 9.17) is 11.6 Å².